The highest BCUT2D eigenvalue weighted by Crippen LogP contribution is 2.19. The van der Waals surface area contributed by atoms with E-state index in [0.717, 1.165) is 11.3 Å². The molecule has 0 spiro atoms. The molecular weight excluding hydrogens is 383 g/mol. The van der Waals surface area contributed by atoms with Gasteiger partial charge in [0.25, 0.3) is 11.5 Å². The van der Waals surface area contributed by atoms with Gasteiger partial charge in [0.1, 0.15) is 17.2 Å². The molecule has 1 aromatic carbocycles. The lowest BCUT2D eigenvalue weighted by atomic mass is 10.00. The molecule has 30 heavy (non-hydrogen) atoms. The molecule has 7 heteroatoms. The number of carbonyl (C=O) groups excluding carboxylic acids is 1. The van der Waals surface area contributed by atoms with Crippen molar-refractivity contribution >= 4 is 5.91 Å². The van der Waals surface area contributed by atoms with Crippen LogP contribution in [0.2, 0.25) is 0 Å². The van der Waals surface area contributed by atoms with Crippen molar-refractivity contribution in [3.8, 4) is 5.69 Å². The van der Waals surface area contributed by atoms with Gasteiger partial charge in [-0.2, -0.15) is 0 Å². The first-order valence-electron chi connectivity index (χ1n) is 10.2. The van der Waals surface area contributed by atoms with Crippen molar-refractivity contribution < 1.29 is 9.18 Å². The minimum Gasteiger partial charge on any atom is -0.335 e. The number of pyridine rings is 1. The topological polar surface area (TPSA) is 60.1 Å². The number of nitrogens with zero attached hydrogens (tertiary/aromatic N) is 4. The molecule has 0 saturated carbocycles. The quantitative estimate of drug-likeness (QED) is 0.651. The number of rotatable bonds is 5. The fraction of sp³-hybridized carbons (Fsp3) is 0.348. The third-order valence-corrected chi connectivity index (χ3v) is 5.64. The fourth-order valence-electron chi connectivity index (χ4n) is 3.80. The van der Waals surface area contributed by atoms with E-state index in [1.165, 1.54) is 4.57 Å². The second-order valence-electron chi connectivity index (χ2n) is 8.03. The van der Waals surface area contributed by atoms with Gasteiger partial charge in [-0.1, -0.05) is 26.0 Å². The molecule has 6 nitrogen and oxygen atoms in total. The Morgan fingerprint density at radius 1 is 1.13 bits per heavy atom. The number of carbonyl (C=O) groups is 1. The third-order valence-electron chi connectivity index (χ3n) is 5.64. The van der Waals surface area contributed by atoms with E-state index in [9.17, 15) is 14.0 Å². The van der Waals surface area contributed by atoms with Gasteiger partial charge < -0.3 is 14.0 Å². The maximum atomic E-state index is 14.4. The molecule has 0 atom stereocenters. The standard InChI is InChI=1S/C23H25FN4O2/c1-15(2)18-5-4-17(19(24)12-18)8-9-26-10-11-28-21(22(26)29)7-6-20(23(28)30)27-13-16(3)25-14-27/h4-7,12-15H,8-11H2,1-3H3. The van der Waals surface area contributed by atoms with Gasteiger partial charge in [0.2, 0.25) is 0 Å². The third kappa shape index (κ3) is 3.67. The smallest absolute Gasteiger partial charge is 0.275 e. The van der Waals surface area contributed by atoms with Crippen LogP contribution in [0, 0.1) is 12.7 Å². The number of hydrogen-bond donors (Lipinski definition) is 0. The van der Waals surface area contributed by atoms with Crippen LogP contribution < -0.4 is 5.56 Å². The SMILES string of the molecule is Cc1cn(-c2ccc3n(c2=O)CCN(CCc2ccc(C(C)C)cc2F)C3=O)cn1. The van der Waals surface area contributed by atoms with Crippen molar-refractivity contribution in [3.63, 3.8) is 0 Å². The Morgan fingerprint density at radius 2 is 1.93 bits per heavy atom. The maximum absolute atomic E-state index is 14.4. The Kier molecular flexibility index (Phi) is 5.28. The van der Waals surface area contributed by atoms with E-state index in [4.69, 9.17) is 0 Å². The molecule has 0 aliphatic carbocycles. The Morgan fingerprint density at radius 3 is 2.60 bits per heavy atom. The van der Waals surface area contributed by atoms with Crippen molar-refractivity contribution in [1.82, 2.24) is 19.0 Å². The van der Waals surface area contributed by atoms with Gasteiger partial charge in [0, 0.05) is 25.8 Å². The zero-order chi connectivity index (χ0) is 21.4. The van der Waals surface area contributed by atoms with Gasteiger partial charge in [0.05, 0.1) is 12.0 Å². The molecular formula is C23H25FN4O2. The van der Waals surface area contributed by atoms with Crippen LogP contribution in [0.3, 0.4) is 0 Å². The van der Waals surface area contributed by atoms with Gasteiger partial charge in [-0.15, -0.1) is 0 Å². The predicted octanol–water partition coefficient (Wildman–Crippen LogP) is 3.30. The van der Waals surface area contributed by atoms with Gasteiger partial charge in [0.15, 0.2) is 0 Å². The summed E-state index contributed by atoms with van der Waals surface area (Å²) in [6.07, 6.45) is 3.81. The molecule has 0 fully saturated rings. The highest BCUT2D eigenvalue weighted by Gasteiger charge is 2.26. The minimum atomic E-state index is -0.234. The molecule has 0 N–H and O–H groups in total. The molecule has 2 aromatic heterocycles. The average molecular weight is 408 g/mol. The molecule has 156 valence electrons. The number of halogens is 1. The Hall–Kier alpha value is -3.22. The van der Waals surface area contributed by atoms with Gasteiger partial charge in [-0.25, -0.2) is 9.37 Å². The fourth-order valence-corrected chi connectivity index (χ4v) is 3.80. The lowest BCUT2D eigenvalue weighted by molar-refractivity contribution is 0.0702. The van der Waals surface area contributed by atoms with Crippen LogP contribution >= 0.6 is 0 Å². The van der Waals surface area contributed by atoms with Crippen LogP contribution in [0.5, 0.6) is 0 Å². The normalized spacial score (nSPS) is 13.8. The van der Waals surface area contributed by atoms with Gasteiger partial charge in [-0.05, 0) is 48.6 Å². The van der Waals surface area contributed by atoms with E-state index >= 15 is 0 Å². The van der Waals surface area contributed by atoms with Crippen LogP contribution in [-0.4, -0.2) is 38.0 Å². The number of benzene rings is 1. The van der Waals surface area contributed by atoms with E-state index in [1.807, 2.05) is 26.8 Å². The van der Waals surface area contributed by atoms with Gasteiger partial charge in [-0.3, -0.25) is 9.59 Å². The van der Waals surface area contributed by atoms with Crippen molar-refractivity contribution in [1.29, 1.82) is 0 Å². The highest BCUT2D eigenvalue weighted by atomic mass is 19.1. The summed E-state index contributed by atoms with van der Waals surface area (Å²) in [7, 11) is 0. The molecule has 0 radical (unpaired) electrons. The van der Waals surface area contributed by atoms with Crippen LogP contribution in [0.1, 0.15) is 47.1 Å². The highest BCUT2D eigenvalue weighted by molar-refractivity contribution is 5.93. The number of hydrogen-bond acceptors (Lipinski definition) is 3. The average Bonchev–Trinajstić information content (AvgIpc) is 3.14. The number of aryl methyl sites for hydroxylation is 1. The first-order valence-corrected chi connectivity index (χ1v) is 10.2. The summed E-state index contributed by atoms with van der Waals surface area (Å²) >= 11 is 0. The van der Waals surface area contributed by atoms with Crippen molar-refractivity contribution in [3.05, 3.63) is 81.5 Å². The summed E-state index contributed by atoms with van der Waals surface area (Å²) in [5.74, 6) is -0.170. The summed E-state index contributed by atoms with van der Waals surface area (Å²) in [5.41, 5.74) is 2.99. The second kappa shape index (κ2) is 7.89. The summed E-state index contributed by atoms with van der Waals surface area (Å²) < 4.78 is 17.6. The van der Waals surface area contributed by atoms with E-state index < -0.39 is 0 Å². The molecule has 1 aliphatic rings. The number of aromatic nitrogens is 3. The monoisotopic (exact) mass is 408 g/mol. The maximum Gasteiger partial charge on any atom is 0.275 e. The molecule has 0 bridgehead atoms. The van der Waals surface area contributed by atoms with Crippen molar-refractivity contribution in [2.45, 2.75) is 39.7 Å². The van der Waals surface area contributed by atoms with E-state index in [2.05, 4.69) is 4.98 Å². The first kappa shape index (κ1) is 20.1. The lowest BCUT2D eigenvalue weighted by Gasteiger charge is -2.30. The Bertz CT molecular complexity index is 1160. The van der Waals surface area contributed by atoms with Gasteiger partial charge >= 0.3 is 0 Å². The van der Waals surface area contributed by atoms with E-state index in [-0.39, 0.29) is 23.2 Å². The molecule has 0 saturated heterocycles. The zero-order valence-electron chi connectivity index (χ0n) is 17.4. The Labute approximate surface area is 174 Å². The van der Waals surface area contributed by atoms with Crippen LogP contribution in [-0.2, 0) is 13.0 Å². The molecule has 1 aliphatic heterocycles. The molecule has 3 heterocycles. The first-order chi connectivity index (χ1) is 14.3. The predicted molar refractivity (Wildman–Crippen MR) is 113 cm³/mol. The molecule has 3 aromatic rings. The lowest BCUT2D eigenvalue weighted by Crippen LogP contribution is -2.45. The summed E-state index contributed by atoms with van der Waals surface area (Å²) in [6.45, 7) is 7.15. The number of amides is 1. The molecule has 4 rings (SSSR count). The molecule has 0 unspecified atom stereocenters. The number of fused-ring (bicyclic) bond motifs is 1. The van der Waals surface area contributed by atoms with Crippen molar-refractivity contribution in [2.24, 2.45) is 0 Å². The Balaban J connectivity index is 1.52. The summed E-state index contributed by atoms with van der Waals surface area (Å²) in [6, 6.07) is 8.65. The van der Waals surface area contributed by atoms with E-state index in [1.54, 1.807) is 46.3 Å². The summed E-state index contributed by atoms with van der Waals surface area (Å²) in [5, 5.41) is 0. The zero-order valence-corrected chi connectivity index (χ0v) is 17.4. The van der Waals surface area contributed by atoms with Crippen molar-refractivity contribution in [2.75, 3.05) is 13.1 Å². The largest absolute Gasteiger partial charge is 0.335 e. The van der Waals surface area contributed by atoms with Crippen LogP contribution in [0.15, 0.2) is 47.7 Å². The van der Waals surface area contributed by atoms with Crippen LogP contribution in [0.25, 0.3) is 5.69 Å². The van der Waals surface area contributed by atoms with Crippen LogP contribution in [0.4, 0.5) is 4.39 Å². The number of imidazole rings is 1. The minimum absolute atomic E-state index is 0.203. The second-order valence-corrected chi connectivity index (χ2v) is 8.03. The van der Waals surface area contributed by atoms with E-state index in [0.29, 0.717) is 43.0 Å². The molecule has 1 amide bonds. The summed E-state index contributed by atoms with van der Waals surface area (Å²) in [4.78, 5) is 31.6.